The molecule has 1 atom stereocenters. The van der Waals surface area contributed by atoms with Crippen molar-refractivity contribution in [1.82, 2.24) is 4.90 Å². The van der Waals surface area contributed by atoms with Gasteiger partial charge in [0.15, 0.2) is 0 Å². The van der Waals surface area contributed by atoms with Gasteiger partial charge in [0, 0.05) is 19.1 Å². The van der Waals surface area contributed by atoms with Gasteiger partial charge in [0.1, 0.15) is 0 Å². The zero-order valence-corrected chi connectivity index (χ0v) is 11.7. The summed E-state index contributed by atoms with van der Waals surface area (Å²) < 4.78 is 0. The van der Waals surface area contributed by atoms with E-state index in [0.717, 1.165) is 18.9 Å². The van der Waals surface area contributed by atoms with Crippen molar-refractivity contribution in [3.8, 4) is 0 Å². The average molecular weight is 246 g/mol. The molecule has 1 aliphatic rings. The van der Waals surface area contributed by atoms with Gasteiger partial charge in [0.2, 0.25) is 0 Å². The summed E-state index contributed by atoms with van der Waals surface area (Å²) in [4.78, 5) is 2.38. The summed E-state index contributed by atoms with van der Waals surface area (Å²) in [6, 6.07) is 8.98. The van der Waals surface area contributed by atoms with Crippen LogP contribution in [0.4, 0.5) is 0 Å². The van der Waals surface area contributed by atoms with E-state index in [-0.39, 0.29) is 6.04 Å². The van der Waals surface area contributed by atoms with Gasteiger partial charge in [-0.3, -0.25) is 0 Å². The summed E-state index contributed by atoms with van der Waals surface area (Å²) in [5.41, 5.74) is 8.95. The van der Waals surface area contributed by atoms with Crippen LogP contribution in [0.5, 0.6) is 0 Å². The number of aryl methyl sites for hydroxylation is 1. The molecule has 1 fully saturated rings. The molecule has 1 unspecified atom stereocenters. The first kappa shape index (κ1) is 13.6. The standard InChI is InChI=1S/C16H26N2/c1-3-4-13-7-9-15(10-8-13)16(17)12-18(2)11-14-5-6-14/h7-10,14,16H,3-6,11-12,17H2,1-2H3. The molecule has 1 saturated carbocycles. The van der Waals surface area contributed by atoms with Crippen LogP contribution in [0.25, 0.3) is 0 Å². The highest BCUT2D eigenvalue weighted by Crippen LogP contribution is 2.29. The second kappa shape index (κ2) is 6.35. The third-order valence-electron chi connectivity index (χ3n) is 3.72. The summed E-state index contributed by atoms with van der Waals surface area (Å²) >= 11 is 0. The lowest BCUT2D eigenvalue weighted by atomic mass is 10.0. The fraction of sp³-hybridized carbons (Fsp3) is 0.625. The maximum Gasteiger partial charge on any atom is 0.0424 e. The van der Waals surface area contributed by atoms with Gasteiger partial charge in [-0.2, -0.15) is 0 Å². The van der Waals surface area contributed by atoms with Crippen LogP contribution in [0, 0.1) is 5.92 Å². The van der Waals surface area contributed by atoms with E-state index in [9.17, 15) is 0 Å². The predicted octanol–water partition coefficient (Wildman–Crippen LogP) is 2.98. The Labute approximate surface area is 111 Å². The highest BCUT2D eigenvalue weighted by Gasteiger charge is 2.23. The molecule has 18 heavy (non-hydrogen) atoms. The number of nitrogens with zero attached hydrogens (tertiary/aromatic N) is 1. The predicted molar refractivity (Wildman–Crippen MR) is 77.6 cm³/mol. The lowest BCUT2D eigenvalue weighted by Crippen LogP contribution is -2.30. The van der Waals surface area contributed by atoms with Crippen LogP contribution in [0.3, 0.4) is 0 Å². The Morgan fingerprint density at radius 1 is 1.28 bits per heavy atom. The van der Waals surface area contributed by atoms with E-state index in [1.54, 1.807) is 0 Å². The zero-order valence-electron chi connectivity index (χ0n) is 11.7. The van der Waals surface area contributed by atoms with Crippen molar-refractivity contribution in [3.05, 3.63) is 35.4 Å². The van der Waals surface area contributed by atoms with Gasteiger partial charge in [-0.1, -0.05) is 37.6 Å². The Bertz CT molecular complexity index is 354. The Morgan fingerprint density at radius 3 is 2.50 bits per heavy atom. The molecule has 1 aromatic rings. The lowest BCUT2D eigenvalue weighted by Gasteiger charge is -2.21. The molecular weight excluding hydrogens is 220 g/mol. The number of likely N-dealkylation sites (N-methyl/N-ethyl adjacent to an activating group) is 1. The maximum atomic E-state index is 6.27. The largest absolute Gasteiger partial charge is 0.323 e. The number of rotatable bonds is 7. The van der Waals surface area contributed by atoms with E-state index in [2.05, 4.69) is 43.1 Å². The fourth-order valence-corrected chi connectivity index (χ4v) is 2.48. The first-order chi connectivity index (χ1) is 8.69. The van der Waals surface area contributed by atoms with Crippen molar-refractivity contribution in [1.29, 1.82) is 0 Å². The fourth-order valence-electron chi connectivity index (χ4n) is 2.48. The number of hydrogen-bond acceptors (Lipinski definition) is 2. The lowest BCUT2D eigenvalue weighted by molar-refractivity contribution is 0.300. The quantitative estimate of drug-likeness (QED) is 0.801. The van der Waals surface area contributed by atoms with Crippen LogP contribution in [0.1, 0.15) is 43.4 Å². The number of hydrogen-bond donors (Lipinski definition) is 1. The smallest absolute Gasteiger partial charge is 0.0424 e. The van der Waals surface area contributed by atoms with Gasteiger partial charge in [0.05, 0.1) is 0 Å². The molecule has 0 aliphatic heterocycles. The Hall–Kier alpha value is -0.860. The van der Waals surface area contributed by atoms with Crippen molar-refractivity contribution < 1.29 is 0 Å². The van der Waals surface area contributed by atoms with E-state index in [0.29, 0.717) is 0 Å². The highest BCUT2D eigenvalue weighted by molar-refractivity contribution is 5.25. The molecule has 2 N–H and O–H groups in total. The van der Waals surface area contributed by atoms with E-state index in [1.807, 2.05) is 0 Å². The molecule has 1 aromatic carbocycles. The minimum Gasteiger partial charge on any atom is -0.323 e. The van der Waals surface area contributed by atoms with Crippen molar-refractivity contribution in [2.45, 2.75) is 38.6 Å². The summed E-state index contributed by atoms with van der Waals surface area (Å²) in [5.74, 6) is 0.939. The zero-order chi connectivity index (χ0) is 13.0. The minimum atomic E-state index is 0.143. The SMILES string of the molecule is CCCc1ccc(C(N)CN(C)CC2CC2)cc1. The molecule has 2 heteroatoms. The van der Waals surface area contributed by atoms with Gasteiger partial charge in [-0.25, -0.2) is 0 Å². The topological polar surface area (TPSA) is 29.3 Å². The molecule has 0 radical (unpaired) electrons. The Morgan fingerprint density at radius 2 is 1.94 bits per heavy atom. The monoisotopic (exact) mass is 246 g/mol. The van der Waals surface area contributed by atoms with E-state index < -0.39 is 0 Å². The first-order valence-electron chi connectivity index (χ1n) is 7.22. The van der Waals surface area contributed by atoms with E-state index >= 15 is 0 Å². The number of benzene rings is 1. The third-order valence-corrected chi connectivity index (χ3v) is 3.72. The van der Waals surface area contributed by atoms with Crippen LogP contribution in [-0.2, 0) is 6.42 Å². The van der Waals surface area contributed by atoms with Gasteiger partial charge in [-0.15, -0.1) is 0 Å². The Kier molecular flexibility index (Phi) is 4.79. The summed E-state index contributed by atoms with van der Waals surface area (Å²) in [5, 5.41) is 0. The first-order valence-corrected chi connectivity index (χ1v) is 7.22. The van der Waals surface area contributed by atoms with E-state index in [4.69, 9.17) is 5.73 Å². The molecule has 0 bridgehead atoms. The molecule has 0 aromatic heterocycles. The van der Waals surface area contributed by atoms with Crippen LogP contribution in [0.15, 0.2) is 24.3 Å². The molecule has 0 amide bonds. The van der Waals surface area contributed by atoms with Crippen LogP contribution < -0.4 is 5.73 Å². The van der Waals surface area contributed by atoms with Crippen molar-refractivity contribution in [2.24, 2.45) is 11.7 Å². The second-order valence-corrected chi connectivity index (χ2v) is 5.76. The number of nitrogens with two attached hydrogens (primary N) is 1. The molecular formula is C16H26N2. The average Bonchev–Trinajstić information content (AvgIpc) is 3.14. The molecule has 0 spiro atoms. The van der Waals surface area contributed by atoms with Crippen molar-refractivity contribution in [2.75, 3.05) is 20.1 Å². The van der Waals surface area contributed by atoms with Gasteiger partial charge in [0.25, 0.3) is 0 Å². The van der Waals surface area contributed by atoms with Crippen LogP contribution in [-0.4, -0.2) is 25.0 Å². The summed E-state index contributed by atoms with van der Waals surface area (Å²) in [7, 11) is 2.18. The molecule has 2 rings (SSSR count). The summed E-state index contributed by atoms with van der Waals surface area (Å²) in [6.07, 6.45) is 5.18. The van der Waals surface area contributed by atoms with Crippen LogP contribution >= 0.6 is 0 Å². The van der Waals surface area contributed by atoms with Crippen molar-refractivity contribution >= 4 is 0 Å². The molecule has 1 aliphatic carbocycles. The van der Waals surface area contributed by atoms with Gasteiger partial charge in [-0.05, 0) is 43.4 Å². The normalized spacial score (nSPS) is 17.1. The van der Waals surface area contributed by atoms with E-state index in [1.165, 1.54) is 36.9 Å². The van der Waals surface area contributed by atoms with Crippen molar-refractivity contribution in [3.63, 3.8) is 0 Å². The molecule has 0 heterocycles. The van der Waals surface area contributed by atoms with Gasteiger partial charge < -0.3 is 10.6 Å². The van der Waals surface area contributed by atoms with Crippen LogP contribution in [0.2, 0.25) is 0 Å². The molecule has 2 nitrogen and oxygen atoms in total. The van der Waals surface area contributed by atoms with Gasteiger partial charge >= 0.3 is 0 Å². The third kappa shape index (κ3) is 4.11. The molecule has 100 valence electrons. The summed E-state index contributed by atoms with van der Waals surface area (Å²) in [6.45, 7) is 4.39. The Balaban J connectivity index is 1.84. The highest BCUT2D eigenvalue weighted by atomic mass is 15.1. The second-order valence-electron chi connectivity index (χ2n) is 5.76. The minimum absolute atomic E-state index is 0.143. The molecule has 0 saturated heterocycles. The maximum absolute atomic E-state index is 6.27.